The van der Waals surface area contributed by atoms with E-state index in [4.69, 9.17) is 0 Å². The van der Waals surface area contributed by atoms with Crippen molar-refractivity contribution in [2.75, 3.05) is 6.54 Å². The highest BCUT2D eigenvalue weighted by Gasteiger charge is 2.30. The second kappa shape index (κ2) is 5.00. The van der Waals surface area contributed by atoms with Gasteiger partial charge in [-0.25, -0.2) is 8.42 Å². The summed E-state index contributed by atoms with van der Waals surface area (Å²) in [6.07, 6.45) is 0. The SMILES string of the molecule is CCNC(=O)[C@@H](C)N=C1NS(=O)(=O)c2ccccc21. The number of rotatable bonds is 3. The van der Waals surface area contributed by atoms with Crippen LogP contribution in [0.2, 0.25) is 0 Å². The van der Waals surface area contributed by atoms with Gasteiger partial charge in [-0.15, -0.1) is 0 Å². The Hall–Kier alpha value is -1.89. The number of likely N-dealkylation sites (N-methyl/N-ethyl adjacent to an activating group) is 1. The van der Waals surface area contributed by atoms with Gasteiger partial charge in [-0.05, 0) is 26.0 Å². The fourth-order valence-electron chi connectivity index (χ4n) is 1.80. The van der Waals surface area contributed by atoms with E-state index in [1.165, 1.54) is 6.07 Å². The molecule has 1 aliphatic rings. The van der Waals surface area contributed by atoms with Gasteiger partial charge in [-0.1, -0.05) is 12.1 Å². The monoisotopic (exact) mass is 281 g/mol. The zero-order chi connectivity index (χ0) is 14.0. The predicted octanol–water partition coefficient (Wildman–Crippen LogP) is 0.250. The number of sulfonamides is 1. The fraction of sp³-hybridized carbons (Fsp3) is 0.333. The quantitative estimate of drug-likeness (QED) is 0.832. The molecule has 6 nitrogen and oxygen atoms in total. The molecule has 1 atom stereocenters. The standard InChI is InChI=1S/C12H15N3O3S/c1-3-13-12(16)8(2)14-11-9-6-4-5-7-10(9)19(17,18)15-11/h4-8H,3H2,1-2H3,(H,13,16)(H,14,15)/t8-/m1/s1. The lowest BCUT2D eigenvalue weighted by Crippen LogP contribution is -2.33. The minimum absolute atomic E-state index is 0.192. The third kappa shape index (κ3) is 2.60. The molecule has 0 saturated heterocycles. The molecular formula is C12H15N3O3S. The van der Waals surface area contributed by atoms with Gasteiger partial charge in [0.25, 0.3) is 10.0 Å². The van der Waals surface area contributed by atoms with Crippen LogP contribution < -0.4 is 10.0 Å². The molecule has 2 rings (SSSR count). The average Bonchev–Trinajstić information content (AvgIpc) is 2.62. The third-order valence-electron chi connectivity index (χ3n) is 2.72. The van der Waals surface area contributed by atoms with Crippen LogP contribution in [-0.4, -0.2) is 32.7 Å². The van der Waals surface area contributed by atoms with Crippen molar-refractivity contribution in [3.63, 3.8) is 0 Å². The first-order valence-corrected chi connectivity index (χ1v) is 7.41. The van der Waals surface area contributed by atoms with Crippen LogP contribution in [0, 0.1) is 0 Å². The topological polar surface area (TPSA) is 87.6 Å². The Bertz CT molecular complexity index is 637. The summed E-state index contributed by atoms with van der Waals surface area (Å²) in [6.45, 7) is 3.94. The van der Waals surface area contributed by atoms with Crippen molar-refractivity contribution < 1.29 is 13.2 Å². The van der Waals surface area contributed by atoms with E-state index in [9.17, 15) is 13.2 Å². The molecule has 0 bridgehead atoms. The maximum absolute atomic E-state index is 11.8. The lowest BCUT2D eigenvalue weighted by molar-refractivity contribution is -0.121. The Labute approximate surface area is 112 Å². The van der Waals surface area contributed by atoms with Gasteiger partial charge in [-0.2, -0.15) is 0 Å². The van der Waals surface area contributed by atoms with E-state index in [2.05, 4.69) is 15.0 Å². The van der Waals surface area contributed by atoms with Crippen molar-refractivity contribution in [1.82, 2.24) is 10.0 Å². The Morgan fingerprint density at radius 2 is 2.11 bits per heavy atom. The zero-order valence-corrected chi connectivity index (χ0v) is 11.5. The Balaban J connectivity index is 2.36. The number of aliphatic imine (C=N–C) groups is 1. The van der Waals surface area contributed by atoms with Gasteiger partial charge in [0.1, 0.15) is 11.9 Å². The molecule has 1 aliphatic heterocycles. The van der Waals surface area contributed by atoms with Crippen molar-refractivity contribution >= 4 is 21.8 Å². The van der Waals surface area contributed by atoms with Crippen LogP contribution in [0.1, 0.15) is 19.4 Å². The van der Waals surface area contributed by atoms with Crippen LogP contribution in [0.3, 0.4) is 0 Å². The summed E-state index contributed by atoms with van der Waals surface area (Å²) in [6, 6.07) is 5.90. The van der Waals surface area contributed by atoms with Gasteiger partial charge in [0.05, 0.1) is 4.90 Å². The average molecular weight is 281 g/mol. The molecule has 1 aromatic carbocycles. The molecule has 2 N–H and O–H groups in total. The summed E-state index contributed by atoms with van der Waals surface area (Å²) in [4.78, 5) is 15.9. The molecule has 0 radical (unpaired) electrons. The van der Waals surface area contributed by atoms with E-state index in [1.54, 1.807) is 25.1 Å². The molecule has 0 fully saturated rings. The number of carbonyl (C=O) groups excluding carboxylic acids is 1. The summed E-state index contributed by atoms with van der Waals surface area (Å²) in [7, 11) is -3.55. The number of hydrogen-bond acceptors (Lipinski definition) is 4. The highest BCUT2D eigenvalue weighted by Crippen LogP contribution is 2.22. The van der Waals surface area contributed by atoms with Crippen LogP contribution in [-0.2, 0) is 14.8 Å². The molecule has 7 heteroatoms. The molecular weight excluding hydrogens is 266 g/mol. The number of fused-ring (bicyclic) bond motifs is 1. The summed E-state index contributed by atoms with van der Waals surface area (Å²) < 4.78 is 26.1. The number of amidine groups is 1. The van der Waals surface area contributed by atoms with Crippen LogP contribution in [0.4, 0.5) is 0 Å². The van der Waals surface area contributed by atoms with E-state index in [0.29, 0.717) is 12.1 Å². The van der Waals surface area contributed by atoms with Gasteiger partial charge in [0.15, 0.2) is 0 Å². The van der Waals surface area contributed by atoms with Gasteiger partial charge in [0, 0.05) is 12.1 Å². The summed E-state index contributed by atoms with van der Waals surface area (Å²) in [5.74, 6) is -0.0204. The zero-order valence-electron chi connectivity index (χ0n) is 10.7. The summed E-state index contributed by atoms with van der Waals surface area (Å²) >= 11 is 0. The van der Waals surface area contributed by atoms with Crippen molar-refractivity contribution in [2.24, 2.45) is 4.99 Å². The molecule has 1 amide bonds. The van der Waals surface area contributed by atoms with E-state index >= 15 is 0 Å². The van der Waals surface area contributed by atoms with Crippen molar-refractivity contribution in [3.05, 3.63) is 29.8 Å². The molecule has 0 spiro atoms. The highest BCUT2D eigenvalue weighted by molar-refractivity contribution is 7.90. The number of hydrogen-bond donors (Lipinski definition) is 2. The Kier molecular flexibility index (Phi) is 3.57. The maximum Gasteiger partial charge on any atom is 0.263 e. The number of nitrogens with one attached hydrogen (secondary N) is 2. The summed E-state index contributed by atoms with van der Waals surface area (Å²) in [5, 5.41) is 2.64. The third-order valence-corrected chi connectivity index (χ3v) is 4.11. The number of carbonyl (C=O) groups is 1. The molecule has 0 aromatic heterocycles. The van der Waals surface area contributed by atoms with Crippen molar-refractivity contribution in [3.8, 4) is 0 Å². The van der Waals surface area contributed by atoms with Crippen LogP contribution in [0.25, 0.3) is 0 Å². The van der Waals surface area contributed by atoms with E-state index in [1.807, 2.05) is 6.92 Å². The Morgan fingerprint density at radius 1 is 1.42 bits per heavy atom. The molecule has 102 valence electrons. The first-order valence-electron chi connectivity index (χ1n) is 5.93. The molecule has 1 aromatic rings. The number of nitrogens with zero attached hydrogens (tertiary/aromatic N) is 1. The second-order valence-electron chi connectivity index (χ2n) is 4.15. The lowest BCUT2D eigenvalue weighted by atomic mass is 10.2. The van der Waals surface area contributed by atoms with Gasteiger partial charge in [-0.3, -0.25) is 14.5 Å². The van der Waals surface area contributed by atoms with Gasteiger partial charge >= 0.3 is 0 Å². The molecule has 1 heterocycles. The number of amides is 1. The van der Waals surface area contributed by atoms with Crippen LogP contribution in [0.5, 0.6) is 0 Å². The molecule has 0 unspecified atom stereocenters. The predicted molar refractivity (Wildman–Crippen MR) is 71.4 cm³/mol. The first kappa shape index (κ1) is 13.5. The maximum atomic E-state index is 11.8. The summed E-state index contributed by atoms with van der Waals surface area (Å²) in [5.41, 5.74) is 0.499. The van der Waals surface area contributed by atoms with Crippen molar-refractivity contribution in [1.29, 1.82) is 0 Å². The van der Waals surface area contributed by atoms with Gasteiger partial charge < -0.3 is 5.32 Å². The van der Waals surface area contributed by atoms with E-state index < -0.39 is 16.1 Å². The fourth-order valence-corrected chi connectivity index (χ4v) is 3.04. The van der Waals surface area contributed by atoms with E-state index in [0.717, 1.165) is 0 Å². The number of benzene rings is 1. The smallest absolute Gasteiger partial charge is 0.263 e. The second-order valence-corrected chi connectivity index (χ2v) is 5.80. The molecule has 19 heavy (non-hydrogen) atoms. The minimum Gasteiger partial charge on any atom is -0.355 e. The lowest BCUT2D eigenvalue weighted by Gasteiger charge is -2.07. The van der Waals surface area contributed by atoms with Crippen LogP contribution >= 0.6 is 0 Å². The normalized spacial score (nSPS) is 19.6. The van der Waals surface area contributed by atoms with Crippen LogP contribution in [0.15, 0.2) is 34.2 Å². The van der Waals surface area contributed by atoms with Crippen molar-refractivity contribution in [2.45, 2.75) is 24.8 Å². The highest BCUT2D eigenvalue weighted by atomic mass is 32.2. The van der Waals surface area contributed by atoms with Gasteiger partial charge in [0.2, 0.25) is 5.91 Å². The molecule has 0 saturated carbocycles. The Morgan fingerprint density at radius 3 is 2.79 bits per heavy atom. The van der Waals surface area contributed by atoms with E-state index in [-0.39, 0.29) is 16.6 Å². The molecule has 0 aliphatic carbocycles. The first-order chi connectivity index (χ1) is 8.95. The largest absolute Gasteiger partial charge is 0.355 e. The minimum atomic E-state index is -3.55.